The SMILES string of the molecule is O=C(NCC(CO)c1ccccc1)c1cc(N2CCN(c3ccccc3)CC2)nc2ccccc12. The molecule has 1 unspecified atom stereocenters. The molecule has 3 aromatic carbocycles. The molecule has 0 radical (unpaired) electrons. The number of anilines is 2. The lowest BCUT2D eigenvalue weighted by Crippen LogP contribution is -2.47. The number of piperazine rings is 1. The van der Waals surface area contributed by atoms with Gasteiger partial charge in [-0.15, -0.1) is 0 Å². The highest BCUT2D eigenvalue weighted by atomic mass is 16.3. The largest absolute Gasteiger partial charge is 0.396 e. The summed E-state index contributed by atoms with van der Waals surface area (Å²) in [6.45, 7) is 3.80. The van der Waals surface area contributed by atoms with E-state index in [1.165, 1.54) is 5.69 Å². The Labute approximate surface area is 205 Å². The lowest BCUT2D eigenvalue weighted by molar-refractivity contribution is 0.0949. The van der Waals surface area contributed by atoms with Gasteiger partial charge in [-0.3, -0.25) is 4.79 Å². The number of hydrogen-bond acceptors (Lipinski definition) is 5. The van der Waals surface area contributed by atoms with Crippen molar-refractivity contribution in [2.75, 3.05) is 49.1 Å². The van der Waals surface area contributed by atoms with Crippen LogP contribution < -0.4 is 15.1 Å². The summed E-state index contributed by atoms with van der Waals surface area (Å²) < 4.78 is 0. The Morgan fingerprint density at radius 3 is 2.20 bits per heavy atom. The fourth-order valence-electron chi connectivity index (χ4n) is 4.67. The summed E-state index contributed by atoms with van der Waals surface area (Å²) in [5, 5.41) is 13.8. The Morgan fingerprint density at radius 2 is 1.49 bits per heavy atom. The minimum absolute atomic E-state index is 0.0294. The van der Waals surface area contributed by atoms with Crippen molar-refractivity contribution in [3.63, 3.8) is 0 Å². The maximum absolute atomic E-state index is 13.3. The molecule has 4 aromatic rings. The van der Waals surface area contributed by atoms with Crippen LogP contribution >= 0.6 is 0 Å². The van der Waals surface area contributed by atoms with Gasteiger partial charge in [0.15, 0.2) is 0 Å². The normalized spacial score (nSPS) is 14.7. The zero-order chi connectivity index (χ0) is 24.0. The van der Waals surface area contributed by atoms with Gasteiger partial charge in [-0.2, -0.15) is 0 Å². The van der Waals surface area contributed by atoms with E-state index in [9.17, 15) is 9.90 Å². The number of aliphatic hydroxyl groups is 1. The smallest absolute Gasteiger partial charge is 0.252 e. The first kappa shape index (κ1) is 22.9. The van der Waals surface area contributed by atoms with Crippen molar-refractivity contribution in [1.82, 2.24) is 10.3 Å². The lowest BCUT2D eigenvalue weighted by Gasteiger charge is -2.37. The van der Waals surface area contributed by atoms with Crippen LogP contribution in [0.5, 0.6) is 0 Å². The van der Waals surface area contributed by atoms with Gasteiger partial charge in [0, 0.05) is 49.7 Å². The summed E-state index contributed by atoms with van der Waals surface area (Å²) in [4.78, 5) is 22.9. The summed E-state index contributed by atoms with van der Waals surface area (Å²) in [7, 11) is 0. The number of carbonyl (C=O) groups excluding carboxylic acids is 1. The maximum atomic E-state index is 13.3. The molecule has 0 spiro atoms. The summed E-state index contributed by atoms with van der Waals surface area (Å²) >= 11 is 0. The Kier molecular flexibility index (Phi) is 6.91. The highest BCUT2D eigenvalue weighted by Gasteiger charge is 2.21. The number of carbonyl (C=O) groups is 1. The van der Waals surface area contributed by atoms with Gasteiger partial charge in [0.1, 0.15) is 5.82 Å². The third-order valence-corrected chi connectivity index (χ3v) is 6.67. The average Bonchev–Trinajstić information content (AvgIpc) is 2.94. The van der Waals surface area contributed by atoms with E-state index in [4.69, 9.17) is 4.98 Å². The van der Waals surface area contributed by atoms with Gasteiger partial charge in [0.05, 0.1) is 17.7 Å². The molecule has 1 saturated heterocycles. The van der Waals surface area contributed by atoms with E-state index in [2.05, 4.69) is 39.4 Å². The van der Waals surface area contributed by atoms with E-state index < -0.39 is 0 Å². The number of nitrogens with zero attached hydrogens (tertiary/aromatic N) is 3. The standard InChI is InChI=1S/C29H30N4O2/c34-21-23(22-9-3-1-4-10-22)20-30-29(35)26-19-28(31-27-14-8-7-13-25(26)27)33-17-15-32(16-18-33)24-11-5-2-6-12-24/h1-14,19,23,34H,15-18,20-21H2,(H,30,35). The molecule has 5 rings (SSSR count). The van der Waals surface area contributed by atoms with Gasteiger partial charge in [0.25, 0.3) is 5.91 Å². The number of nitrogens with one attached hydrogen (secondary N) is 1. The second-order valence-corrected chi connectivity index (χ2v) is 8.86. The zero-order valence-corrected chi connectivity index (χ0v) is 19.7. The van der Waals surface area contributed by atoms with Gasteiger partial charge in [0.2, 0.25) is 0 Å². The highest BCUT2D eigenvalue weighted by molar-refractivity contribution is 6.07. The van der Waals surface area contributed by atoms with Crippen LogP contribution in [0, 0.1) is 0 Å². The molecule has 0 aliphatic carbocycles. The average molecular weight is 467 g/mol. The van der Waals surface area contributed by atoms with E-state index in [0.29, 0.717) is 12.1 Å². The minimum Gasteiger partial charge on any atom is -0.396 e. The third-order valence-electron chi connectivity index (χ3n) is 6.67. The molecule has 1 aliphatic rings. The summed E-state index contributed by atoms with van der Waals surface area (Å²) in [6, 6.07) is 29.9. The molecule has 35 heavy (non-hydrogen) atoms. The van der Waals surface area contributed by atoms with Gasteiger partial charge in [-0.25, -0.2) is 4.98 Å². The van der Waals surface area contributed by atoms with Gasteiger partial charge < -0.3 is 20.2 Å². The number of amides is 1. The fourth-order valence-corrected chi connectivity index (χ4v) is 4.67. The van der Waals surface area contributed by atoms with Crippen LogP contribution in [0.3, 0.4) is 0 Å². The molecule has 1 amide bonds. The van der Waals surface area contributed by atoms with Crippen LogP contribution in [-0.2, 0) is 0 Å². The predicted molar refractivity (Wildman–Crippen MR) is 141 cm³/mol. The summed E-state index contributed by atoms with van der Waals surface area (Å²) in [6.07, 6.45) is 0. The molecule has 2 N–H and O–H groups in total. The number of benzene rings is 3. The molecular formula is C29H30N4O2. The monoisotopic (exact) mass is 466 g/mol. The van der Waals surface area contributed by atoms with Crippen LogP contribution in [0.2, 0.25) is 0 Å². The number of fused-ring (bicyclic) bond motifs is 1. The van der Waals surface area contributed by atoms with Crippen molar-refractivity contribution < 1.29 is 9.90 Å². The van der Waals surface area contributed by atoms with Crippen molar-refractivity contribution in [1.29, 1.82) is 0 Å². The van der Waals surface area contributed by atoms with Crippen LogP contribution in [0.4, 0.5) is 11.5 Å². The first-order chi connectivity index (χ1) is 17.2. The number of aliphatic hydroxyl groups excluding tert-OH is 1. The molecule has 0 bridgehead atoms. The Morgan fingerprint density at radius 1 is 0.857 bits per heavy atom. The molecule has 1 atom stereocenters. The first-order valence-electron chi connectivity index (χ1n) is 12.1. The van der Waals surface area contributed by atoms with E-state index in [1.54, 1.807) is 0 Å². The van der Waals surface area contributed by atoms with Crippen molar-refractivity contribution in [3.8, 4) is 0 Å². The van der Waals surface area contributed by atoms with Crippen LogP contribution in [0.15, 0.2) is 91.0 Å². The van der Waals surface area contributed by atoms with Crippen LogP contribution in [0.25, 0.3) is 10.9 Å². The van der Waals surface area contributed by atoms with Gasteiger partial charge >= 0.3 is 0 Å². The number of para-hydroxylation sites is 2. The van der Waals surface area contributed by atoms with Crippen molar-refractivity contribution in [2.24, 2.45) is 0 Å². The molecule has 1 fully saturated rings. The van der Waals surface area contributed by atoms with E-state index in [1.807, 2.05) is 66.7 Å². The summed E-state index contributed by atoms with van der Waals surface area (Å²) in [5.74, 6) is 0.518. The number of aromatic nitrogens is 1. The topological polar surface area (TPSA) is 68.7 Å². The predicted octanol–water partition coefficient (Wildman–Crippen LogP) is 4.07. The van der Waals surface area contributed by atoms with Gasteiger partial charge in [-0.1, -0.05) is 66.7 Å². The van der Waals surface area contributed by atoms with Crippen LogP contribution in [0.1, 0.15) is 21.8 Å². The molecule has 2 heterocycles. The maximum Gasteiger partial charge on any atom is 0.252 e. The molecular weight excluding hydrogens is 436 g/mol. The Balaban J connectivity index is 1.34. The molecule has 0 saturated carbocycles. The fraction of sp³-hybridized carbons (Fsp3) is 0.241. The van der Waals surface area contributed by atoms with E-state index in [-0.39, 0.29) is 18.4 Å². The third kappa shape index (κ3) is 5.12. The molecule has 1 aromatic heterocycles. The highest BCUT2D eigenvalue weighted by Crippen LogP contribution is 2.25. The number of pyridine rings is 1. The summed E-state index contributed by atoms with van der Waals surface area (Å²) in [5.41, 5.74) is 3.66. The molecule has 1 aliphatic heterocycles. The Bertz CT molecular complexity index is 1270. The minimum atomic E-state index is -0.154. The second kappa shape index (κ2) is 10.6. The van der Waals surface area contributed by atoms with Crippen LogP contribution in [-0.4, -0.2) is 55.3 Å². The first-order valence-corrected chi connectivity index (χ1v) is 12.1. The molecule has 6 nitrogen and oxygen atoms in total. The number of rotatable bonds is 7. The van der Waals surface area contributed by atoms with Gasteiger partial charge in [-0.05, 0) is 29.8 Å². The quantitative estimate of drug-likeness (QED) is 0.430. The van der Waals surface area contributed by atoms with E-state index in [0.717, 1.165) is 48.5 Å². The van der Waals surface area contributed by atoms with Crippen molar-refractivity contribution in [3.05, 3.63) is 102 Å². The van der Waals surface area contributed by atoms with Crippen molar-refractivity contribution in [2.45, 2.75) is 5.92 Å². The lowest BCUT2D eigenvalue weighted by atomic mass is 10.00. The Hall–Kier alpha value is -3.90. The second-order valence-electron chi connectivity index (χ2n) is 8.86. The zero-order valence-electron chi connectivity index (χ0n) is 19.7. The number of hydrogen-bond donors (Lipinski definition) is 2. The van der Waals surface area contributed by atoms with E-state index >= 15 is 0 Å². The molecule has 178 valence electrons. The molecule has 6 heteroatoms. The van der Waals surface area contributed by atoms with Crippen molar-refractivity contribution >= 4 is 28.3 Å².